The van der Waals surface area contributed by atoms with Crippen molar-refractivity contribution in [2.45, 2.75) is 19.9 Å². The Morgan fingerprint density at radius 3 is 2.57 bits per heavy atom. The highest BCUT2D eigenvalue weighted by Crippen LogP contribution is 2.25. The number of hydrazine groups is 1. The molecular formula is C10H14N4. The smallest absolute Gasteiger partial charge is 0.101 e. The second-order valence-corrected chi connectivity index (χ2v) is 3.35. The van der Waals surface area contributed by atoms with Crippen molar-refractivity contribution in [2.75, 3.05) is 10.7 Å². The normalized spacial score (nSPS) is 9.93. The zero-order valence-corrected chi connectivity index (χ0v) is 8.36. The molecule has 0 unspecified atom stereocenters. The topological polar surface area (TPSA) is 79.1 Å². The number of hydrogen-bond acceptors (Lipinski definition) is 4. The minimum atomic E-state index is 0.145. The Morgan fingerprint density at radius 1 is 1.43 bits per heavy atom. The van der Waals surface area contributed by atoms with Crippen LogP contribution in [-0.4, -0.2) is 6.04 Å². The third-order valence-electron chi connectivity index (χ3n) is 2.04. The van der Waals surface area contributed by atoms with Crippen LogP contribution in [0.4, 0.5) is 11.4 Å². The fourth-order valence-electron chi connectivity index (χ4n) is 1.15. The lowest BCUT2D eigenvalue weighted by Crippen LogP contribution is -2.38. The van der Waals surface area contributed by atoms with Crippen LogP contribution in [-0.2, 0) is 0 Å². The summed E-state index contributed by atoms with van der Waals surface area (Å²) in [6, 6.07) is 7.41. The maximum absolute atomic E-state index is 8.77. The number of nitrogens with two attached hydrogens (primary N) is 2. The van der Waals surface area contributed by atoms with Crippen molar-refractivity contribution in [3.8, 4) is 6.07 Å². The van der Waals surface area contributed by atoms with Gasteiger partial charge in [-0.25, -0.2) is 5.84 Å². The highest BCUT2D eigenvalue weighted by molar-refractivity contribution is 5.73. The molecule has 0 bridgehead atoms. The van der Waals surface area contributed by atoms with Gasteiger partial charge in [-0.3, -0.25) is 0 Å². The van der Waals surface area contributed by atoms with Gasteiger partial charge in [-0.05, 0) is 26.0 Å². The quantitative estimate of drug-likeness (QED) is 0.417. The number of nitriles is 1. The van der Waals surface area contributed by atoms with E-state index in [9.17, 15) is 0 Å². The Labute approximate surface area is 83.7 Å². The molecule has 14 heavy (non-hydrogen) atoms. The monoisotopic (exact) mass is 190 g/mol. The van der Waals surface area contributed by atoms with E-state index >= 15 is 0 Å². The molecule has 4 N–H and O–H groups in total. The van der Waals surface area contributed by atoms with Gasteiger partial charge >= 0.3 is 0 Å². The first kappa shape index (κ1) is 10.4. The average Bonchev–Trinajstić information content (AvgIpc) is 2.17. The number of nitrogen functional groups attached to an aromatic ring is 1. The van der Waals surface area contributed by atoms with Crippen LogP contribution < -0.4 is 16.6 Å². The standard InChI is InChI=1S/C10H14N4/c1-7(2)14(13)9-5-3-4-8(6-11)10(9)12/h3-5,7H,12-13H2,1-2H3. The van der Waals surface area contributed by atoms with E-state index in [1.54, 1.807) is 23.2 Å². The number of benzene rings is 1. The third kappa shape index (κ3) is 1.78. The molecule has 0 radical (unpaired) electrons. The van der Waals surface area contributed by atoms with Gasteiger partial charge in [0.25, 0.3) is 0 Å². The molecule has 1 aromatic rings. The third-order valence-corrected chi connectivity index (χ3v) is 2.04. The lowest BCUT2D eigenvalue weighted by atomic mass is 10.1. The summed E-state index contributed by atoms with van der Waals surface area (Å²) in [6.45, 7) is 3.91. The molecule has 0 fully saturated rings. The Balaban J connectivity index is 3.17. The Bertz CT molecular complexity index is 365. The predicted molar refractivity (Wildman–Crippen MR) is 57.4 cm³/mol. The van der Waals surface area contributed by atoms with E-state index in [1.165, 1.54) is 0 Å². The van der Waals surface area contributed by atoms with E-state index in [2.05, 4.69) is 0 Å². The summed E-state index contributed by atoms with van der Waals surface area (Å²) in [5.41, 5.74) is 7.38. The van der Waals surface area contributed by atoms with Gasteiger partial charge in [0.2, 0.25) is 0 Å². The van der Waals surface area contributed by atoms with E-state index < -0.39 is 0 Å². The summed E-state index contributed by atoms with van der Waals surface area (Å²) in [6.07, 6.45) is 0. The lowest BCUT2D eigenvalue weighted by molar-refractivity contribution is 0.712. The molecule has 0 amide bonds. The van der Waals surface area contributed by atoms with Crippen LogP contribution in [0.2, 0.25) is 0 Å². The van der Waals surface area contributed by atoms with Crippen molar-refractivity contribution in [1.29, 1.82) is 5.26 Å². The average molecular weight is 190 g/mol. The first-order chi connectivity index (χ1) is 6.57. The molecule has 0 aliphatic heterocycles. The summed E-state index contributed by atoms with van der Waals surface area (Å²) in [5, 5.41) is 10.3. The fraction of sp³-hybridized carbons (Fsp3) is 0.300. The summed E-state index contributed by atoms with van der Waals surface area (Å²) >= 11 is 0. The van der Waals surface area contributed by atoms with Crippen molar-refractivity contribution in [3.05, 3.63) is 23.8 Å². The number of nitrogens with zero attached hydrogens (tertiary/aromatic N) is 2. The summed E-state index contributed by atoms with van der Waals surface area (Å²) < 4.78 is 0. The first-order valence-electron chi connectivity index (χ1n) is 4.40. The summed E-state index contributed by atoms with van der Waals surface area (Å²) in [7, 11) is 0. The highest BCUT2D eigenvalue weighted by Gasteiger charge is 2.11. The molecule has 0 saturated heterocycles. The first-order valence-corrected chi connectivity index (χ1v) is 4.40. The van der Waals surface area contributed by atoms with Crippen LogP contribution in [0.1, 0.15) is 19.4 Å². The molecule has 0 spiro atoms. The van der Waals surface area contributed by atoms with Crippen LogP contribution in [0.5, 0.6) is 0 Å². The number of para-hydroxylation sites is 1. The summed E-state index contributed by atoms with van der Waals surface area (Å²) in [4.78, 5) is 0. The van der Waals surface area contributed by atoms with Crippen LogP contribution in [0.15, 0.2) is 18.2 Å². The summed E-state index contributed by atoms with van der Waals surface area (Å²) in [5.74, 6) is 5.81. The Kier molecular flexibility index (Phi) is 2.95. The largest absolute Gasteiger partial charge is 0.396 e. The van der Waals surface area contributed by atoms with E-state index in [0.29, 0.717) is 16.9 Å². The molecule has 1 aromatic carbocycles. The molecule has 4 heteroatoms. The van der Waals surface area contributed by atoms with Crippen molar-refractivity contribution in [1.82, 2.24) is 0 Å². The maximum Gasteiger partial charge on any atom is 0.101 e. The number of anilines is 2. The zero-order valence-electron chi connectivity index (χ0n) is 8.36. The van der Waals surface area contributed by atoms with Gasteiger partial charge in [-0.15, -0.1) is 0 Å². The van der Waals surface area contributed by atoms with Gasteiger partial charge in [0, 0.05) is 6.04 Å². The minimum Gasteiger partial charge on any atom is -0.396 e. The van der Waals surface area contributed by atoms with E-state index in [1.807, 2.05) is 19.9 Å². The molecule has 74 valence electrons. The molecule has 0 atom stereocenters. The zero-order chi connectivity index (χ0) is 10.7. The van der Waals surface area contributed by atoms with E-state index in [4.69, 9.17) is 16.8 Å². The van der Waals surface area contributed by atoms with E-state index in [0.717, 1.165) is 0 Å². The van der Waals surface area contributed by atoms with Gasteiger partial charge in [-0.1, -0.05) is 6.07 Å². The van der Waals surface area contributed by atoms with Gasteiger partial charge < -0.3 is 10.7 Å². The SMILES string of the molecule is CC(C)N(N)c1cccc(C#N)c1N. The van der Waals surface area contributed by atoms with Crippen molar-refractivity contribution in [3.63, 3.8) is 0 Å². The van der Waals surface area contributed by atoms with Crippen LogP contribution in [0, 0.1) is 11.3 Å². The van der Waals surface area contributed by atoms with Crippen molar-refractivity contribution < 1.29 is 0 Å². The second kappa shape index (κ2) is 3.99. The maximum atomic E-state index is 8.77. The molecular weight excluding hydrogens is 176 g/mol. The van der Waals surface area contributed by atoms with Crippen molar-refractivity contribution in [2.24, 2.45) is 5.84 Å². The number of hydrogen-bond donors (Lipinski definition) is 2. The Morgan fingerprint density at radius 2 is 2.07 bits per heavy atom. The number of rotatable bonds is 2. The van der Waals surface area contributed by atoms with E-state index in [-0.39, 0.29) is 6.04 Å². The molecule has 1 rings (SSSR count). The Hall–Kier alpha value is -1.73. The van der Waals surface area contributed by atoms with Crippen LogP contribution in [0.25, 0.3) is 0 Å². The highest BCUT2D eigenvalue weighted by atomic mass is 15.4. The predicted octanol–water partition coefficient (Wildman–Crippen LogP) is 1.23. The van der Waals surface area contributed by atoms with Crippen molar-refractivity contribution >= 4 is 11.4 Å². The molecule has 4 nitrogen and oxygen atoms in total. The minimum absolute atomic E-state index is 0.145. The van der Waals surface area contributed by atoms with Gasteiger partial charge in [0.1, 0.15) is 6.07 Å². The fourth-order valence-corrected chi connectivity index (χ4v) is 1.15. The van der Waals surface area contributed by atoms with Gasteiger partial charge in [0.15, 0.2) is 0 Å². The van der Waals surface area contributed by atoms with Crippen LogP contribution >= 0.6 is 0 Å². The van der Waals surface area contributed by atoms with Crippen LogP contribution in [0.3, 0.4) is 0 Å². The second-order valence-electron chi connectivity index (χ2n) is 3.35. The lowest BCUT2D eigenvalue weighted by Gasteiger charge is -2.24. The molecule has 0 aromatic heterocycles. The van der Waals surface area contributed by atoms with Gasteiger partial charge in [0.05, 0.1) is 16.9 Å². The molecule has 0 aliphatic carbocycles. The molecule has 0 heterocycles. The molecule has 0 saturated carbocycles. The molecule has 0 aliphatic rings. The van der Waals surface area contributed by atoms with Gasteiger partial charge in [-0.2, -0.15) is 5.26 Å².